The lowest BCUT2D eigenvalue weighted by Crippen LogP contribution is -2.47. The lowest BCUT2D eigenvalue weighted by Gasteiger charge is -2.26. The van der Waals surface area contributed by atoms with E-state index in [1.54, 1.807) is 11.8 Å². The van der Waals surface area contributed by atoms with E-state index in [1.807, 2.05) is 0 Å². The summed E-state index contributed by atoms with van der Waals surface area (Å²) in [5, 5.41) is 11.4. The van der Waals surface area contributed by atoms with E-state index in [0.717, 1.165) is 12.8 Å². The Bertz CT molecular complexity index is 331. The van der Waals surface area contributed by atoms with Crippen molar-refractivity contribution in [3.05, 3.63) is 0 Å². The van der Waals surface area contributed by atoms with Crippen LogP contribution in [0.4, 0.5) is 0 Å². The highest BCUT2D eigenvalue weighted by Crippen LogP contribution is 2.30. The number of carbonyl (C=O) groups excluding carboxylic acids is 1. The smallest absolute Gasteiger partial charge is 0.317 e. The van der Waals surface area contributed by atoms with E-state index in [0.29, 0.717) is 12.5 Å². The Morgan fingerprint density at radius 1 is 1.59 bits per heavy atom. The molecule has 0 aromatic heterocycles. The van der Waals surface area contributed by atoms with E-state index >= 15 is 0 Å². The molecule has 17 heavy (non-hydrogen) atoms. The average molecular weight is 238 g/mol. The summed E-state index contributed by atoms with van der Waals surface area (Å²) in [7, 11) is 0. The molecule has 1 fully saturated rings. The van der Waals surface area contributed by atoms with Crippen molar-refractivity contribution >= 4 is 11.9 Å². The molecular weight excluding hydrogens is 220 g/mol. The van der Waals surface area contributed by atoms with Gasteiger partial charge < -0.3 is 10.4 Å². The van der Waals surface area contributed by atoms with Gasteiger partial charge in [-0.1, -0.05) is 5.92 Å². The maximum absolute atomic E-state index is 11.7. The van der Waals surface area contributed by atoms with Crippen LogP contribution in [-0.2, 0) is 9.59 Å². The minimum atomic E-state index is -0.915. The van der Waals surface area contributed by atoms with E-state index < -0.39 is 12.0 Å². The number of aliphatic carboxylic acids is 1. The second-order valence-corrected chi connectivity index (χ2v) is 4.36. The zero-order valence-corrected chi connectivity index (χ0v) is 9.98. The first-order valence-corrected chi connectivity index (χ1v) is 5.71. The molecule has 94 valence electrons. The lowest BCUT2D eigenvalue weighted by atomic mass is 10.2. The van der Waals surface area contributed by atoms with Crippen molar-refractivity contribution in [2.45, 2.75) is 25.8 Å². The second kappa shape index (κ2) is 6.26. The molecule has 5 nitrogen and oxygen atoms in total. The Morgan fingerprint density at radius 2 is 2.24 bits per heavy atom. The van der Waals surface area contributed by atoms with Crippen LogP contribution in [0.5, 0.6) is 0 Å². The summed E-state index contributed by atoms with van der Waals surface area (Å²) in [4.78, 5) is 24.1. The summed E-state index contributed by atoms with van der Waals surface area (Å²) < 4.78 is 0. The number of rotatable bonds is 7. The number of amides is 1. The first kappa shape index (κ1) is 13.5. The van der Waals surface area contributed by atoms with Crippen molar-refractivity contribution in [3.8, 4) is 12.3 Å². The van der Waals surface area contributed by atoms with E-state index in [-0.39, 0.29) is 19.0 Å². The third kappa shape index (κ3) is 4.87. The van der Waals surface area contributed by atoms with E-state index in [9.17, 15) is 9.59 Å². The van der Waals surface area contributed by atoms with Crippen molar-refractivity contribution in [2.75, 3.05) is 19.6 Å². The second-order valence-electron chi connectivity index (χ2n) is 4.36. The van der Waals surface area contributed by atoms with Gasteiger partial charge in [0.05, 0.1) is 19.1 Å². The van der Waals surface area contributed by atoms with Crippen LogP contribution in [0.15, 0.2) is 0 Å². The molecule has 1 atom stereocenters. The van der Waals surface area contributed by atoms with Crippen molar-refractivity contribution in [3.63, 3.8) is 0 Å². The maximum atomic E-state index is 11.7. The fourth-order valence-electron chi connectivity index (χ4n) is 1.62. The minimum absolute atomic E-state index is 0.110. The number of hydrogen-bond acceptors (Lipinski definition) is 3. The van der Waals surface area contributed by atoms with Crippen LogP contribution in [0.25, 0.3) is 0 Å². The largest absolute Gasteiger partial charge is 0.480 e. The first-order chi connectivity index (χ1) is 8.04. The van der Waals surface area contributed by atoms with Crippen LogP contribution in [-0.4, -0.2) is 47.6 Å². The van der Waals surface area contributed by atoms with Crippen LogP contribution >= 0.6 is 0 Å². The molecular formula is C12H18N2O3. The molecule has 5 heteroatoms. The Kier molecular flexibility index (Phi) is 4.98. The van der Waals surface area contributed by atoms with Gasteiger partial charge in [0.1, 0.15) is 0 Å². The highest BCUT2D eigenvalue weighted by atomic mass is 16.4. The third-order valence-electron chi connectivity index (χ3n) is 2.82. The van der Waals surface area contributed by atoms with Gasteiger partial charge in [0.25, 0.3) is 0 Å². The van der Waals surface area contributed by atoms with Crippen LogP contribution in [0, 0.1) is 18.3 Å². The molecule has 1 aliphatic rings. The number of terminal acetylenes is 1. The van der Waals surface area contributed by atoms with Gasteiger partial charge in [-0.2, -0.15) is 0 Å². The number of carboxylic acid groups (broad SMARTS) is 1. The molecule has 2 N–H and O–H groups in total. The molecule has 1 saturated carbocycles. The van der Waals surface area contributed by atoms with Crippen molar-refractivity contribution in [1.82, 2.24) is 10.2 Å². The molecule has 1 unspecified atom stereocenters. The number of nitrogens with one attached hydrogen (secondary N) is 1. The molecule has 0 saturated heterocycles. The van der Waals surface area contributed by atoms with Gasteiger partial charge in [-0.05, 0) is 25.7 Å². The summed E-state index contributed by atoms with van der Waals surface area (Å²) in [6, 6.07) is -0.458. The quantitative estimate of drug-likeness (QED) is 0.609. The topological polar surface area (TPSA) is 69.6 Å². The molecule has 0 bridgehead atoms. The Balaban J connectivity index is 2.50. The lowest BCUT2D eigenvalue weighted by molar-refractivity contribution is -0.139. The minimum Gasteiger partial charge on any atom is -0.480 e. The van der Waals surface area contributed by atoms with Crippen LogP contribution in [0.2, 0.25) is 0 Å². The predicted molar refractivity (Wildman–Crippen MR) is 63.2 cm³/mol. The molecule has 1 aliphatic carbocycles. The normalized spacial score (nSPS) is 16.3. The van der Waals surface area contributed by atoms with E-state index in [4.69, 9.17) is 11.5 Å². The SMILES string of the molecule is C#CCNC(=O)C(C)N(CC(=O)O)CC1CC1. The molecule has 0 radical (unpaired) electrons. The molecule has 0 spiro atoms. The number of hydrogen-bond donors (Lipinski definition) is 2. The third-order valence-corrected chi connectivity index (χ3v) is 2.82. The average Bonchev–Trinajstić information content (AvgIpc) is 3.07. The first-order valence-electron chi connectivity index (χ1n) is 5.71. The van der Waals surface area contributed by atoms with Gasteiger partial charge in [-0.25, -0.2) is 0 Å². The van der Waals surface area contributed by atoms with Crippen molar-refractivity contribution in [2.24, 2.45) is 5.92 Å². The maximum Gasteiger partial charge on any atom is 0.317 e. The van der Waals surface area contributed by atoms with Gasteiger partial charge in [-0.3, -0.25) is 14.5 Å². The number of carbonyl (C=O) groups is 2. The summed E-state index contributed by atoms with van der Waals surface area (Å²) >= 11 is 0. The van der Waals surface area contributed by atoms with Crippen LogP contribution < -0.4 is 5.32 Å². The van der Waals surface area contributed by atoms with Gasteiger partial charge >= 0.3 is 5.97 Å². The van der Waals surface area contributed by atoms with Crippen LogP contribution in [0.3, 0.4) is 0 Å². The summed E-state index contributed by atoms with van der Waals surface area (Å²) in [5.74, 6) is 1.73. The number of nitrogens with zero attached hydrogens (tertiary/aromatic N) is 1. The summed E-state index contributed by atoms with van der Waals surface area (Å²) in [6.45, 7) is 2.43. The molecule has 1 rings (SSSR count). The molecule has 0 aromatic rings. The van der Waals surface area contributed by atoms with Gasteiger partial charge in [0, 0.05) is 6.54 Å². The molecule has 1 amide bonds. The molecule has 0 heterocycles. The highest BCUT2D eigenvalue weighted by Gasteiger charge is 2.30. The predicted octanol–water partition coefficient (Wildman–Crippen LogP) is -0.0791. The van der Waals surface area contributed by atoms with Gasteiger partial charge in [0.15, 0.2) is 0 Å². The van der Waals surface area contributed by atoms with Gasteiger partial charge in [-0.15, -0.1) is 6.42 Å². The molecule has 0 aliphatic heterocycles. The Morgan fingerprint density at radius 3 is 2.71 bits per heavy atom. The zero-order chi connectivity index (χ0) is 12.8. The summed E-state index contributed by atoms with van der Waals surface area (Å²) in [6.07, 6.45) is 7.29. The van der Waals surface area contributed by atoms with Gasteiger partial charge in [0.2, 0.25) is 5.91 Å². The van der Waals surface area contributed by atoms with Crippen LogP contribution in [0.1, 0.15) is 19.8 Å². The van der Waals surface area contributed by atoms with E-state index in [1.165, 1.54) is 0 Å². The van der Waals surface area contributed by atoms with E-state index in [2.05, 4.69) is 11.2 Å². The highest BCUT2D eigenvalue weighted by molar-refractivity contribution is 5.82. The molecule has 0 aromatic carbocycles. The standard InChI is InChI=1S/C12H18N2O3/c1-3-6-13-12(17)9(2)14(8-11(15)16)7-10-4-5-10/h1,9-10H,4-8H2,2H3,(H,13,17)(H,15,16). The Hall–Kier alpha value is -1.54. The van der Waals surface area contributed by atoms with Crippen molar-refractivity contribution in [1.29, 1.82) is 0 Å². The zero-order valence-electron chi connectivity index (χ0n) is 9.98. The van der Waals surface area contributed by atoms with Crippen molar-refractivity contribution < 1.29 is 14.7 Å². The Labute approximate surface area is 101 Å². The summed E-state index contributed by atoms with van der Waals surface area (Å²) in [5.41, 5.74) is 0. The number of carboxylic acids is 1. The fourth-order valence-corrected chi connectivity index (χ4v) is 1.62. The fraction of sp³-hybridized carbons (Fsp3) is 0.667. The monoisotopic (exact) mass is 238 g/mol.